The number of ketones is 1. The van der Waals surface area contributed by atoms with Gasteiger partial charge in [-0.15, -0.1) is 0 Å². The van der Waals surface area contributed by atoms with Crippen LogP contribution < -0.4 is 5.69 Å². The smallest absolute Gasteiger partial charge is 0.295 e. The molecule has 4 heterocycles. The first kappa shape index (κ1) is 21.7. The Balaban J connectivity index is 1.52. The summed E-state index contributed by atoms with van der Waals surface area (Å²) in [4.78, 5) is 34.3. The minimum atomic E-state index is -0.178. The third-order valence-electron chi connectivity index (χ3n) is 6.51. The van der Waals surface area contributed by atoms with Gasteiger partial charge in [-0.3, -0.25) is 28.6 Å². The first-order valence-corrected chi connectivity index (χ1v) is 11.5. The van der Waals surface area contributed by atoms with Crippen molar-refractivity contribution in [2.24, 2.45) is 14.1 Å². The number of hydrogen-bond donors (Lipinski definition) is 0. The van der Waals surface area contributed by atoms with Crippen molar-refractivity contribution in [2.75, 3.05) is 0 Å². The van der Waals surface area contributed by atoms with Gasteiger partial charge in [-0.1, -0.05) is 12.1 Å². The summed E-state index contributed by atoms with van der Waals surface area (Å²) in [7, 11) is 3.62. The minimum Gasteiger partial charge on any atom is -0.295 e. The SMILES string of the molecule is CC(=O)c1ccc(-n2c(=O)n(C)c3cnc4ccc(-c5ccc(-c6cnn(C)c6)nc5)cc4c32)cc1. The van der Waals surface area contributed by atoms with E-state index in [1.54, 1.807) is 57.5 Å². The maximum absolute atomic E-state index is 13.3. The van der Waals surface area contributed by atoms with Crippen LogP contribution in [0, 0.1) is 0 Å². The monoisotopic (exact) mass is 474 g/mol. The van der Waals surface area contributed by atoms with E-state index in [0.717, 1.165) is 44.3 Å². The number of fused-ring (bicyclic) bond motifs is 3. The minimum absolute atomic E-state index is 0.0192. The Morgan fingerprint density at radius 2 is 1.61 bits per heavy atom. The molecule has 0 saturated heterocycles. The van der Waals surface area contributed by atoms with Crippen LogP contribution in [0.4, 0.5) is 0 Å². The summed E-state index contributed by atoms with van der Waals surface area (Å²) in [5, 5.41) is 5.07. The Morgan fingerprint density at radius 1 is 0.833 bits per heavy atom. The van der Waals surface area contributed by atoms with Gasteiger partial charge in [0.05, 0.1) is 40.3 Å². The molecule has 8 nitrogen and oxygen atoms in total. The highest BCUT2D eigenvalue weighted by Crippen LogP contribution is 2.30. The topological polar surface area (TPSA) is 87.6 Å². The van der Waals surface area contributed by atoms with Crippen molar-refractivity contribution >= 4 is 27.7 Å². The number of aromatic nitrogens is 6. The normalized spacial score (nSPS) is 11.4. The molecule has 0 atom stereocenters. The molecule has 0 aliphatic rings. The van der Waals surface area contributed by atoms with Crippen molar-refractivity contribution in [2.45, 2.75) is 6.92 Å². The first-order chi connectivity index (χ1) is 17.4. The molecule has 6 rings (SSSR count). The zero-order chi connectivity index (χ0) is 25.0. The van der Waals surface area contributed by atoms with Crippen molar-refractivity contribution in [3.05, 3.63) is 95.4 Å². The number of carbonyl (C=O) groups excluding carboxylic acids is 1. The van der Waals surface area contributed by atoms with Gasteiger partial charge in [0.2, 0.25) is 0 Å². The van der Waals surface area contributed by atoms with Gasteiger partial charge in [0.1, 0.15) is 0 Å². The summed E-state index contributed by atoms with van der Waals surface area (Å²) in [6.07, 6.45) is 7.29. The van der Waals surface area contributed by atoms with Crippen LogP contribution in [0.5, 0.6) is 0 Å². The molecule has 8 heteroatoms. The molecule has 0 bridgehead atoms. The molecule has 176 valence electrons. The number of rotatable bonds is 4. The van der Waals surface area contributed by atoms with Crippen LogP contribution in [-0.2, 0) is 14.1 Å². The highest BCUT2D eigenvalue weighted by molar-refractivity contribution is 6.04. The predicted octanol–water partition coefficient (Wildman–Crippen LogP) is 4.54. The van der Waals surface area contributed by atoms with Crippen LogP contribution in [0.2, 0.25) is 0 Å². The molecule has 0 aliphatic carbocycles. The van der Waals surface area contributed by atoms with Crippen molar-refractivity contribution in [3.8, 4) is 28.1 Å². The number of imidazole rings is 1. The molecule has 0 fully saturated rings. The molecular weight excluding hydrogens is 452 g/mol. The fourth-order valence-corrected chi connectivity index (χ4v) is 4.55. The Morgan fingerprint density at radius 3 is 2.28 bits per heavy atom. The Hall–Kier alpha value is -4.85. The predicted molar refractivity (Wildman–Crippen MR) is 139 cm³/mol. The van der Waals surface area contributed by atoms with Crippen molar-refractivity contribution in [3.63, 3.8) is 0 Å². The van der Waals surface area contributed by atoms with Crippen molar-refractivity contribution in [1.82, 2.24) is 28.9 Å². The van der Waals surface area contributed by atoms with Gasteiger partial charge in [0.25, 0.3) is 0 Å². The quantitative estimate of drug-likeness (QED) is 0.350. The summed E-state index contributed by atoms with van der Waals surface area (Å²) >= 11 is 0. The van der Waals surface area contributed by atoms with Gasteiger partial charge in [0, 0.05) is 48.6 Å². The maximum Gasteiger partial charge on any atom is 0.333 e. The lowest BCUT2D eigenvalue weighted by atomic mass is 10.0. The van der Waals surface area contributed by atoms with E-state index < -0.39 is 0 Å². The molecular formula is C28H22N6O2. The number of carbonyl (C=O) groups is 1. The number of hydrogen-bond acceptors (Lipinski definition) is 5. The van der Waals surface area contributed by atoms with E-state index in [0.29, 0.717) is 11.3 Å². The van der Waals surface area contributed by atoms with Crippen molar-refractivity contribution in [1.29, 1.82) is 0 Å². The Bertz CT molecular complexity index is 1840. The lowest BCUT2D eigenvalue weighted by molar-refractivity contribution is 0.101. The summed E-state index contributed by atoms with van der Waals surface area (Å²) in [5.41, 5.74) is 7.12. The fourth-order valence-electron chi connectivity index (χ4n) is 4.55. The molecule has 0 aliphatic heterocycles. The summed E-state index contributed by atoms with van der Waals surface area (Å²) in [6.45, 7) is 1.53. The number of nitrogens with zero attached hydrogens (tertiary/aromatic N) is 6. The van der Waals surface area contributed by atoms with E-state index >= 15 is 0 Å². The fraction of sp³-hybridized carbons (Fsp3) is 0.107. The third kappa shape index (κ3) is 3.42. The molecule has 0 unspecified atom stereocenters. The van der Waals surface area contributed by atoms with Gasteiger partial charge in [0.15, 0.2) is 5.78 Å². The number of aryl methyl sites for hydroxylation is 2. The summed E-state index contributed by atoms with van der Waals surface area (Å²) in [6, 6.07) is 17.1. The number of benzene rings is 2. The molecule has 0 amide bonds. The average Bonchev–Trinajstić information content (AvgIpc) is 3.45. The van der Waals surface area contributed by atoms with Crippen LogP contribution in [0.3, 0.4) is 0 Å². The average molecular weight is 475 g/mol. The zero-order valence-electron chi connectivity index (χ0n) is 20.0. The second-order valence-corrected chi connectivity index (χ2v) is 8.84. The van der Waals surface area contributed by atoms with Gasteiger partial charge in [-0.05, 0) is 55.0 Å². The Labute approximate surface area is 206 Å². The van der Waals surface area contributed by atoms with Crippen LogP contribution in [0.1, 0.15) is 17.3 Å². The van der Waals surface area contributed by atoms with Gasteiger partial charge < -0.3 is 0 Å². The second kappa shape index (κ2) is 8.13. The Kier molecular flexibility index (Phi) is 4.89. The van der Waals surface area contributed by atoms with E-state index in [1.807, 2.05) is 49.8 Å². The highest BCUT2D eigenvalue weighted by Gasteiger charge is 2.17. The van der Waals surface area contributed by atoms with Crippen LogP contribution in [-0.4, -0.2) is 34.7 Å². The summed E-state index contributed by atoms with van der Waals surface area (Å²) in [5.74, 6) is -0.0192. The van der Waals surface area contributed by atoms with E-state index in [-0.39, 0.29) is 11.5 Å². The standard InChI is InChI=1S/C28H22N6O2/c1-17(35)18-4-8-22(9-5-18)34-27-23-12-19(6-11-25(23)30-15-26(27)33(3)28(34)36)20-7-10-24(29-13-20)21-14-31-32(2)16-21/h4-16H,1-3H3. The lowest BCUT2D eigenvalue weighted by Gasteiger charge is -2.09. The van der Waals surface area contributed by atoms with E-state index in [2.05, 4.69) is 15.1 Å². The number of Topliss-reactive ketones (excluding diaryl/α,β-unsaturated/α-hetero) is 1. The van der Waals surface area contributed by atoms with Crippen LogP contribution >= 0.6 is 0 Å². The molecule has 0 radical (unpaired) electrons. The summed E-state index contributed by atoms with van der Waals surface area (Å²) < 4.78 is 5.02. The molecule has 6 aromatic rings. The zero-order valence-corrected chi connectivity index (χ0v) is 20.0. The molecule has 0 spiro atoms. The molecule has 36 heavy (non-hydrogen) atoms. The molecule has 4 aromatic heterocycles. The second-order valence-electron chi connectivity index (χ2n) is 8.84. The third-order valence-corrected chi connectivity index (χ3v) is 6.51. The van der Waals surface area contributed by atoms with E-state index in [9.17, 15) is 9.59 Å². The van der Waals surface area contributed by atoms with Gasteiger partial charge in [-0.2, -0.15) is 5.10 Å². The molecule has 0 saturated carbocycles. The van der Waals surface area contributed by atoms with E-state index in [1.165, 1.54) is 6.92 Å². The van der Waals surface area contributed by atoms with Gasteiger partial charge in [-0.25, -0.2) is 4.79 Å². The number of pyridine rings is 2. The van der Waals surface area contributed by atoms with Crippen LogP contribution in [0.25, 0.3) is 50.0 Å². The van der Waals surface area contributed by atoms with Crippen molar-refractivity contribution < 1.29 is 4.79 Å². The lowest BCUT2D eigenvalue weighted by Crippen LogP contribution is -2.20. The van der Waals surface area contributed by atoms with E-state index in [4.69, 9.17) is 0 Å². The highest BCUT2D eigenvalue weighted by atomic mass is 16.1. The maximum atomic E-state index is 13.3. The first-order valence-electron chi connectivity index (χ1n) is 11.5. The van der Waals surface area contributed by atoms with Crippen LogP contribution in [0.15, 0.2) is 84.2 Å². The largest absolute Gasteiger partial charge is 0.333 e. The molecule has 2 aromatic carbocycles. The van der Waals surface area contributed by atoms with Gasteiger partial charge >= 0.3 is 5.69 Å². The molecule has 0 N–H and O–H groups in total.